The summed E-state index contributed by atoms with van der Waals surface area (Å²) in [6.45, 7) is 4.46. The van der Waals surface area contributed by atoms with Crippen molar-refractivity contribution in [3.05, 3.63) is 77.2 Å². The molecule has 0 aliphatic carbocycles. The number of hydrogen-bond donors (Lipinski definition) is 2. The van der Waals surface area contributed by atoms with Gasteiger partial charge in [-0.2, -0.15) is 0 Å². The first-order valence-corrected chi connectivity index (χ1v) is 8.63. The number of nitrogens with zero attached hydrogens (tertiary/aromatic N) is 2. The van der Waals surface area contributed by atoms with Crippen molar-refractivity contribution in [1.29, 1.82) is 0 Å². The zero-order chi connectivity index (χ0) is 19.2. The van der Waals surface area contributed by atoms with Crippen molar-refractivity contribution in [3.63, 3.8) is 0 Å². The molecule has 0 aliphatic heterocycles. The summed E-state index contributed by atoms with van der Waals surface area (Å²) in [4.78, 5) is 20.7. The molecule has 0 aliphatic rings. The average Bonchev–Trinajstić information content (AvgIpc) is 2.67. The number of aromatic nitrogens is 2. The maximum atomic E-state index is 12.5. The van der Waals surface area contributed by atoms with E-state index in [4.69, 9.17) is 4.74 Å². The van der Waals surface area contributed by atoms with E-state index in [-0.39, 0.29) is 5.91 Å². The summed E-state index contributed by atoms with van der Waals surface area (Å²) in [7, 11) is 1.61. The van der Waals surface area contributed by atoms with Crippen LogP contribution in [-0.2, 0) is 6.54 Å². The van der Waals surface area contributed by atoms with Gasteiger partial charge in [0.05, 0.1) is 12.8 Å². The van der Waals surface area contributed by atoms with Gasteiger partial charge in [0.25, 0.3) is 5.91 Å². The summed E-state index contributed by atoms with van der Waals surface area (Å²) in [6.07, 6.45) is 1.37. The minimum atomic E-state index is -0.250. The van der Waals surface area contributed by atoms with E-state index in [1.165, 1.54) is 6.33 Å². The van der Waals surface area contributed by atoms with E-state index in [0.717, 1.165) is 22.4 Å². The minimum Gasteiger partial charge on any atom is -0.495 e. The molecular weight excluding hydrogens is 340 g/mol. The third kappa shape index (κ3) is 4.61. The molecule has 0 radical (unpaired) electrons. The molecule has 0 spiro atoms. The van der Waals surface area contributed by atoms with Crippen molar-refractivity contribution in [1.82, 2.24) is 15.3 Å². The van der Waals surface area contributed by atoms with Gasteiger partial charge in [0.1, 0.15) is 23.6 Å². The fourth-order valence-electron chi connectivity index (χ4n) is 2.68. The Morgan fingerprint density at radius 3 is 2.67 bits per heavy atom. The van der Waals surface area contributed by atoms with Crippen LogP contribution in [0, 0.1) is 13.8 Å². The number of anilines is 2. The van der Waals surface area contributed by atoms with E-state index in [0.29, 0.717) is 23.8 Å². The molecule has 1 amide bonds. The molecule has 27 heavy (non-hydrogen) atoms. The lowest BCUT2D eigenvalue weighted by Gasteiger charge is -2.12. The molecule has 6 nitrogen and oxygen atoms in total. The zero-order valence-electron chi connectivity index (χ0n) is 15.6. The van der Waals surface area contributed by atoms with Gasteiger partial charge in [-0.25, -0.2) is 9.97 Å². The number of carbonyl (C=O) groups is 1. The Morgan fingerprint density at radius 2 is 1.89 bits per heavy atom. The van der Waals surface area contributed by atoms with Gasteiger partial charge < -0.3 is 15.4 Å². The molecule has 2 N–H and O–H groups in total. The van der Waals surface area contributed by atoms with E-state index >= 15 is 0 Å². The Morgan fingerprint density at radius 1 is 1.07 bits per heavy atom. The van der Waals surface area contributed by atoms with Crippen LogP contribution in [0.5, 0.6) is 5.75 Å². The number of nitrogens with one attached hydrogen (secondary N) is 2. The number of rotatable bonds is 6. The molecule has 0 saturated carbocycles. The van der Waals surface area contributed by atoms with Gasteiger partial charge in [0.15, 0.2) is 0 Å². The molecule has 0 fully saturated rings. The van der Waals surface area contributed by atoms with Crippen LogP contribution in [-0.4, -0.2) is 23.0 Å². The Balaban J connectivity index is 1.73. The van der Waals surface area contributed by atoms with Gasteiger partial charge in [-0.3, -0.25) is 4.79 Å². The third-order valence-electron chi connectivity index (χ3n) is 4.22. The van der Waals surface area contributed by atoms with Crippen molar-refractivity contribution in [2.75, 3.05) is 12.4 Å². The number of aryl methyl sites for hydroxylation is 2. The van der Waals surface area contributed by atoms with Crippen LogP contribution in [0.3, 0.4) is 0 Å². The summed E-state index contributed by atoms with van der Waals surface area (Å²) in [5.41, 5.74) is 4.37. The van der Waals surface area contributed by atoms with E-state index in [9.17, 15) is 4.79 Å². The van der Waals surface area contributed by atoms with Crippen molar-refractivity contribution >= 4 is 17.4 Å². The summed E-state index contributed by atoms with van der Waals surface area (Å²) in [6, 6.07) is 15.4. The molecule has 3 rings (SSSR count). The first-order chi connectivity index (χ1) is 13.1. The molecule has 1 aromatic heterocycles. The number of hydrogen-bond acceptors (Lipinski definition) is 5. The second-order valence-corrected chi connectivity index (χ2v) is 6.23. The standard InChI is InChI=1S/C21H22N4O2/c1-14-8-9-19(27-3)17(10-14)25-20-11-18(23-13-24-20)21(26)22-12-16-7-5-4-6-15(16)2/h4-11,13H,12H2,1-3H3,(H,22,26)(H,23,24,25). The summed E-state index contributed by atoms with van der Waals surface area (Å²) in [5, 5.41) is 6.08. The molecule has 0 unspecified atom stereocenters. The minimum absolute atomic E-state index is 0.250. The largest absolute Gasteiger partial charge is 0.495 e. The topological polar surface area (TPSA) is 76.1 Å². The molecular formula is C21H22N4O2. The zero-order valence-corrected chi connectivity index (χ0v) is 15.6. The van der Waals surface area contributed by atoms with Crippen molar-refractivity contribution in [2.45, 2.75) is 20.4 Å². The van der Waals surface area contributed by atoms with E-state index in [1.807, 2.05) is 56.3 Å². The Kier molecular flexibility index (Phi) is 5.66. The molecule has 0 saturated heterocycles. The van der Waals surface area contributed by atoms with Gasteiger partial charge in [-0.1, -0.05) is 30.3 Å². The van der Waals surface area contributed by atoms with Crippen molar-refractivity contribution < 1.29 is 9.53 Å². The van der Waals surface area contributed by atoms with Crippen LogP contribution in [0.15, 0.2) is 54.9 Å². The fourth-order valence-corrected chi connectivity index (χ4v) is 2.68. The number of methoxy groups -OCH3 is 1. The van der Waals surface area contributed by atoms with Crippen LogP contribution in [0.2, 0.25) is 0 Å². The maximum absolute atomic E-state index is 12.5. The molecule has 1 heterocycles. The lowest BCUT2D eigenvalue weighted by Crippen LogP contribution is -2.24. The summed E-state index contributed by atoms with van der Waals surface area (Å²) >= 11 is 0. The quantitative estimate of drug-likeness (QED) is 0.698. The van der Waals surface area contributed by atoms with Crippen LogP contribution in [0.1, 0.15) is 27.2 Å². The average molecular weight is 362 g/mol. The normalized spacial score (nSPS) is 10.3. The first kappa shape index (κ1) is 18.4. The Hall–Kier alpha value is -3.41. The molecule has 0 atom stereocenters. The lowest BCUT2D eigenvalue weighted by molar-refractivity contribution is 0.0945. The van der Waals surface area contributed by atoms with Crippen molar-refractivity contribution in [2.24, 2.45) is 0 Å². The second-order valence-electron chi connectivity index (χ2n) is 6.23. The van der Waals surface area contributed by atoms with Gasteiger partial charge in [0.2, 0.25) is 0 Å². The van der Waals surface area contributed by atoms with E-state index in [2.05, 4.69) is 20.6 Å². The maximum Gasteiger partial charge on any atom is 0.270 e. The highest BCUT2D eigenvalue weighted by molar-refractivity contribution is 5.93. The highest BCUT2D eigenvalue weighted by Gasteiger charge is 2.11. The lowest BCUT2D eigenvalue weighted by atomic mass is 10.1. The molecule has 3 aromatic rings. The highest BCUT2D eigenvalue weighted by Crippen LogP contribution is 2.27. The number of carbonyl (C=O) groups excluding carboxylic acids is 1. The number of amides is 1. The molecule has 0 bridgehead atoms. The Labute approximate surface area is 158 Å². The van der Waals surface area contributed by atoms with Gasteiger partial charge in [-0.15, -0.1) is 0 Å². The Bertz CT molecular complexity index is 956. The molecule has 6 heteroatoms. The van der Waals surface area contributed by atoms with Crippen molar-refractivity contribution in [3.8, 4) is 5.75 Å². The van der Waals surface area contributed by atoms with Crippen LogP contribution < -0.4 is 15.4 Å². The van der Waals surface area contributed by atoms with Gasteiger partial charge >= 0.3 is 0 Å². The SMILES string of the molecule is COc1ccc(C)cc1Nc1cc(C(=O)NCc2ccccc2C)ncn1. The number of benzene rings is 2. The van der Waals surface area contributed by atoms with Gasteiger partial charge in [0, 0.05) is 12.6 Å². The predicted octanol–water partition coefficient (Wildman–Crippen LogP) is 3.78. The van der Waals surface area contributed by atoms with Crippen LogP contribution in [0.25, 0.3) is 0 Å². The van der Waals surface area contributed by atoms with E-state index in [1.54, 1.807) is 13.2 Å². The monoisotopic (exact) mass is 362 g/mol. The summed E-state index contributed by atoms with van der Waals surface area (Å²) < 4.78 is 5.36. The highest BCUT2D eigenvalue weighted by atomic mass is 16.5. The second kappa shape index (κ2) is 8.31. The predicted molar refractivity (Wildman–Crippen MR) is 105 cm³/mol. The third-order valence-corrected chi connectivity index (χ3v) is 4.22. The van der Waals surface area contributed by atoms with Crippen LogP contribution in [0.4, 0.5) is 11.5 Å². The van der Waals surface area contributed by atoms with E-state index < -0.39 is 0 Å². The first-order valence-electron chi connectivity index (χ1n) is 8.63. The summed E-state index contributed by atoms with van der Waals surface area (Å²) in [5.74, 6) is 0.972. The smallest absolute Gasteiger partial charge is 0.270 e. The molecule has 138 valence electrons. The fraction of sp³-hybridized carbons (Fsp3) is 0.190. The van der Waals surface area contributed by atoms with Gasteiger partial charge in [-0.05, 0) is 42.7 Å². The molecule has 2 aromatic carbocycles. The number of ether oxygens (including phenoxy) is 1. The van der Waals surface area contributed by atoms with Crippen LogP contribution >= 0.6 is 0 Å².